The van der Waals surface area contributed by atoms with Gasteiger partial charge in [-0.05, 0) is 94.9 Å². The van der Waals surface area contributed by atoms with Crippen molar-refractivity contribution >= 4 is 34.4 Å². The van der Waals surface area contributed by atoms with Gasteiger partial charge in [0.25, 0.3) is 0 Å². The number of hydrogen-bond donors (Lipinski definition) is 3. The Morgan fingerprint density at radius 3 is 2.59 bits per heavy atom. The van der Waals surface area contributed by atoms with Gasteiger partial charge in [0.05, 0.1) is 30.9 Å². The lowest BCUT2D eigenvalue weighted by molar-refractivity contribution is -0.140. The van der Waals surface area contributed by atoms with Crippen LogP contribution in [0.25, 0.3) is 10.9 Å². The molecule has 2 unspecified atom stereocenters. The molecule has 0 spiro atoms. The van der Waals surface area contributed by atoms with E-state index in [-0.39, 0.29) is 17.3 Å². The fraction of sp³-hybridized carbons (Fsp3) is 0.531. The molecule has 0 saturated carbocycles. The second kappa shape index (κ2) is 15.6. The fourth-order valence-electron chi connectivity index (χ4n) is 5.46. The van der Waals surface area contributed by atoms with Gasteiger partial charge in [0.15, 0.2) is 5.82 Å². The molecule has 44 heavy (non-hydrogen) atoms. The van der Waals surface area contributed by atoms with Crippen LogP contribution in [0, 0.1) is 18.8 Å². The molecular weight excluding hydrogens is 589 g/mol. The second-order valence-electron chi connectivity index (χ2n) is 10.9. The Morgan fingerprint density at radius 1 is 1.14 bits per heavy atom. The number of ether oxygens (including phenoxy) is 1. The van der Waals surface area contributed by atoms with E-state index in [2.05, 4.69) is 50.4 Å². The molecule has 5 rings (SSSR count). The van der Waals surface area contributed by atoms with Crippen LogP contribution in [0.2, 0.25) is 0 Å². The number of rotatable bonds is 9. The van der Waals surface area contributed by atoms with E-state index in [9.17, 15) is 13.2 Å². The van der Waals surface area contributed by atoms with E-state index in [1.54, 1.807) is 37.3 Å². The molecule has 240 valence electrons. The highest BCUT2D eigenvalue weighted by Crippen LogP contribution is 2.32. The first-order valence-electron chi connectivity index (χ1n) is 15.2. The summed E-state index contributed by atoms with van der Waals surface area (Å²) in [5.74, 6) is 8.29. The van der Waals surface area contributed by atoms with Crippen LogP contribution < -0.4 is 15.4 Å². The summed E-state index contributed by atoms with van der Waals surface area (Å²) in [6.07, 6.45) is 1.42. The fourth-order valence-corrected chi connectivity index (χ4v) is 6.28. The lowest BCUT2D eigenvalue weighted by atomic mass is 10.0. The zero-order chi connectivity index (χ0) is 31.7. The van der Waals surface area contributed by atoms with E-state index in [4.69, 9.17) is 9.26 Å². The summed E-state index contributed by atoms with van der Waals surface area (Å²) in [4.78, 5) is 2.29. The number of methoxy groups -OCH3 is 1. The predicted molar refractivity (Wildman–Crippen MR) is 173 cm³/mol. The van der Waals surface area contributed by atoms with Crippen molar-refractivity contribution in [1.82, 2.24) is 19.9 Å². The summed E-state index contributed by atoms with van der Waals surface area (Å²) in [6, 6.07) is 9.35. The summed E-state index contributed by atoms with van der Waals surface area (Å²) < 4.78 is 56.0. The van der Waals surface area contributed by atoms with Crippen molar-refractivity contribution in [3.8, 4) is 11.8 Å². The highest BCUT2D eigenvalue weighted by molar-refractivity contribution is 8.01. The molecule has 0 bridgehead atoms. The van der Waals surface area contributed by atoms with Crippen LogP contribution >= 0.6 is 11.9 Å². The topological polar surface area (TPSA) is 79.5 Å². The van der Waals surface area contributed by atoms with Crippen LogP contribution in [-0.2, 0) is 11.3 Å². The van der Waals surface area contributed by atoms with Crippen molar-refractivity contribution in [1.29, 1.82) is 0 Å². The molecule has 1 aromatic carbocycles. The Balaban J connectivity index is 0.00000216. The minimum atomic E-state index is -4.37. The van der Waals surface area contributed by atoms with E-state index in [0.29, 0.717) is 23.6 Å². The number of piperidine rings is 1. The second-order valence-corrected chi connectivity index (χ2v) is 11.9. The van der Waals surface area contributed by atoms with Crippen molar-refractivity contribution < 1.29 is 22.4 Å². The van der Waals surface area contributed by atoms with Crippen molar-refractivity contribution in [3.63, 3.8) is 0 Å². The minimum Gasteiger partial charge on any atom is -0.500 e. The number of halogens is 3. The quantitative estimate of drug-likeness (QED) is 0.176. The molecule has 3 heterocycles. The Bertz CT molecular complexity index is 1450. The van der Waals surface area contributed by atoms with Crippen molar-refractivity contribution in [3.05, 3.63) is 53.6 Å². The lowest BCUT2D eigenvalue weighted by Gasteiger charge is -2.30. The van der Waals surface area contributed by atoms with Crippen LogP contribution in [0.15, 0.2) is 46.7 Å². The SMILES string of the molecule is CC.COC1=CC(SNc2cc(C)on2)CCC1NCC#Cc1cc2c(NC3CCN(C)CC3)cccc2n1CC(F)(F)F. The van der Waals surface area contributed by atoms with Gasteiger partial charge in [0.2, 0.25) is 0 Å². The lowest BCUT2D eigenvalue weighted by Crippen LogP contribution is -2.36. The molecule has 3 N–H and O–H groups in total. The number of likely N-dealkylation sites (tertiary alicyclic amines) is 1. The summed E-state index contributed by atoms with van der Waals surface area (Å²) in [5, 5.41) is 11.9. The molecule has 8 nitrogen and oxygen atoms in total. The number of aryl methyl sites for hydroxylation is 1. The number of nitrogens with zero attached hydrogens (tertiary/aromatic N) is 3. The number of alkyl halides is 3. The predicted octanol–water partition coefficient (Wildman–Crippen LogP) is 6.80. The minimum absolute atomic E-state index is 0.0261. The third-order valence-corrected chi connectivity index (χ3v) is 8.63. The van der Waals surface area contributed by atoms with Crippen LogP contribution in [0.4, 0.5) is 24.7 Å². The molecule has 2 atom stereocenters. The van der Waals surface area contributed by atoms with Gasteiger partial charge in [-0.25, -0.2) is 0 Å². The average Bonchev–Trinajstić information content (AvgIpc) is 3.59. The van der Waals surface area contributed by atoms with Gasteiger partial charge in [0.1, 0.15) is 18.1 Å². The van der Waals surface area contributed by atoms with Gasteiger partial charge in [-0.1, -0.05) is 31.0 Å². The average molecular weight is 633 g/mol. The smallest absolute Gasteiger partial charge is 0.406 e. The van der Waals surface area contributed by atoms with E-state index in [0.717, 1.165) is 61.4 Å². The van der Waals surface area contributed by atoms with Crippen molar-refractivity contribution in [2.75, 3.05) is 43.8 Å². The number of nitrogens with one attached hydrogen (secondary N) is 3. The Hall–Kier alpha value is -3.27. The summed E-state index contributed by atoms with van der Waals surface area (Å²) >= 11 is 1.54. The van der Waals surface area contributed by atoms with E-state index < -0.39 is 12.7 Å². The molecule has 0 radical (unpaired) electrons. The maximum atomic E-state index is 13.6. The van der Waals surface area contributed by atoms with Crippen LogP contribution in [0.5, 0.6) is 0 Å². The van der Waals surface area contributed by atoms with Gasteiger partial charge in [0, 0.05) is 28.4 Å². The first kappa shape index (κ1) is 33.6. The first-order valence-corrected chi connectivity index (χ1v) is 16.0. The number of anilines is 2. The van der Waals surface area contributed by atoms with Crippen LogP contribution in [0.3, 0.4) is 0 Å². The molecule has 2 aliphatic rings. The monoisotopic (exact) mass is 632 g/mol. The zero-order valence-corrected chi connectivity index (χ0v) is 26.9. The maximum Gasteiger partial charge on any atom is 0.406 e. The largest absolute Gasteiger partial charge is 0.500 e. The number of hydrogen-bond acceptors (Lipinski definition) is 8. The third kappa shape index (κ3) is 9.13. The zero-order valence-electron chi connectivity index (χ0n) is 26.1. The number of benzene rings is 1. The Kier molecular flexibility index (Phi) is 11.9. The normalized spacial score (nSPS) is 19.4. The van der Waals surface area contributed by atoms with Gasteiger partial charge in [-0.2, -0.15) is 13.2 Å². The van der Waals surface area contributed by atoms with Gasteiger partial charge >= 0.3 is 6.18 Å². The van der Waals surface area contributed by atoms with Gasteiger partial charge < -0.3 is 28.8 Å². The van der Waals surface area contributed by atoms with Crippen LogP contribution in [0.1, 0.15) is 51.0 Å². The van der Waals surface area contributed by atoms with E-state index >= 15 is 0 Å². The van der Waals surface area contributed by atoms with E-state index in [1.807, 2.05) is 32.9 Å². The molecule has 2 aromatic heterocycles. The maximum absolute atomic E-state index is 13.6. The molecule has 3 aromatic rings. The van der Waals surface area contributed by atoms with Gasteiger partial charge in [-0.3, -0.25) is 5.32 Å². The summed E-state index contributed by atoms with van der Waals surface area (Å²) in [7, 11) is 3.74. The number of fused-ring (bicyclic) bond motifs is 1. The highest BCUT2D eigenvalue weighted by atomic mass is 32.2. The molecule has 0 amide bonds. The van der Waals surface area contributed by atoms with Crippen molar-refractivity contribution in [2.45, 2.75) is 76.5 Å². The molecule has 1 aliphatic carbocycles. The highest BCUT2D eigenvalue weighted by Gasteiger charge is 2.30. The molecule has 12 heteroatoms. The molecular formula is C32H43F3N6O2S. The summed E-state index contributed by atoms with van der Waals surface area (Å²) in [5.41, 5.74) is 1.72. The van der Waals surface area contributed by atoms with Crippen molar-refractivity contribution in [2.24, 2.45) is 0 Å². The van der Waals surface area contributed by atoms with Gasteiger partial charge in [-0.15, -0.1) is 0 Å². The van der Waals surface area contributed by atoms with E-state index in [1.165, 1.54) is 4.57 Å². The van der Waals surface area contributed by atoms with Crippen LogP contribution in [-0.4, -0.2) is 71.9 Å². The standard InChI is InChI=1S/C30H37F3N6O2S.C2H6/c1-20-16-29(36-41-20)37-42-23-9-10-26(28(18-23)40-3)34-13-5-6-22-17-24-25(35-21-11-14-38(2)15-12-21)7-4-8-27(24)39(22)19-30(31,32)33;1-2/h4,7-8,16-18,21,23,26,34-35H,9-15,19H2,1-3H3,(H,36,37);1-2H3. The third-order valence-electron chi connectivity index (χ3n) is 7.63. The molecule has 1 aliphatic heterocycles. The Morgan fingerprint density at radius 2 is 1.91 bits per heavy atom. The first-order chi connectivity index (χ1) is 21.2. The molecule has 1 saturated heterocycles. The number of aromatic nitrogens is 2. The molecule has 1 fully saturated rings. The Labute approximate surface area is 262 Å². The summed E-state index contributed by atoms with van der Waals surface area (Å²) in [6.45, 7) is 7.05.